The average Bonchev–Trinajstić information content (AvgIpc) is 2.81. The summed E-state index contributed by atoms with van der Waals surface area (Å²) in [5.41, 5.74) is 0. The van der Waals surface area contributed by atoms with Gasteiger partial charge in [-0.2, -0.15) is 0 Å². The predicted molar refractivity (Wildman–Crippen MR) is 42.3 cm³/mol. The quantitative estimate of drug-likeness (QED) is 0.471. The zero-order valence-corrected chi connectivity index (χ0v) is 6.93. The van der Waals surface area contributed by atoms with E-state index in [0.717, 1.165) is 19.0 Å². The van der Waals surface area contributed by atoms with Gasteiger partial charge in [0, 0.05) is 12.5 Å². The molecule has 0 unspecified atom stereocenters. The van der Waals surface area contributed by atoms with E-state index >= 15 is 0 Å². The van der Waals surface area contributed by atoms with Crippen molar-refractivity contribution >= 4 is 5.97 Å². The lowest BCUT2D eigenvalue weighted by molar-refractivity contribution is -0.140. The van der Waals surface area contributed by atoms with Crippen molar-refractivity contribution in [1.82, 2.24) is 5.32 Å². The molecular formula is C8H15NO2. The van der Waals surface area contributed by atoms with Gasteiger partial charge in [-0.15, -0.1) is 0 Å². The molecule has 3 nitrogen and oxygen atoms in total. The molecule has 1 fully saturated rings. The first kappa shape index (κ1) is 8.53. The Labute approximate surface area is 67.1 Å². The molecule has 1 N–H and O–H groups in total. The van der Waals surface area contributed by atoms with E-state index in [1.54, 1.807) is 0 Å². The molecule has 0 aromatic heterocycles. The smallest absolute Gasteiger partial charge is 0.305 e. The van der Waals surface area contributed by atoms with E-state index in [0.29, 0.717) is 6.42 Å². The molecule has 0 aliphatic heterocycles. The second-order valence-electron chi connectivity index (χ2n) is 2.91. The van der Waals surface area contributed by atoms with Gasteiger partial charge in [0.1, 0.15) is 0 Å². The molecule has 0 bridgehead atoms. The second-order valence-corrected chi connectivity index (χ2v) is 2.91. The Morgan fingerprint density at radius 1 is 1.64 bits per heavy atom. The van der Waals surface area contributed by atoms with Gasteiger partial charge in [-0.25, -0.2) is 0 Å². The van der Waals surface area contributed by atoms with Gasteiger partial charge in [-0.3, -0.25) is 4.79 Å². The summed E-state index contributed by atoms with van der Waals surface area (Å²) in [7, 11) is 1.43. The van der Waals surface area contributed by atoms with Crippen LogP contribution in [0.25, 0.3) is 0 Å². The second kappa shape index (κ2) is 4.34. The monoisotopic (exact) mass is 157 g/mol. The van der Waals surface area contributed by atoms with Gasteiger partial charge in [0.25, 0.3) is 0 Å². The Bertz CT molecular complexity index is 132. The molecule has 1 aliphatic rings. The molecule has 0 saturated heterocycles. The van der Waals surface area contributed by atoms with Crippen LogP contribution in [0.2, 0.25) is 0 Å². The van der Waals surface area contributed by atoms with E-state index < -0.39 is 0 Å². The minimum absolute atomic E-state index is 0.109. The van der Waals surface area contributed by atoms with Crippen LogP contribution in [0.1, 0.15) is 25.7 Å². The Morgan fingerprint density at radius 3 is 2.91 bits per heavy atom. The van der Waals surface area contributed by atoms with Gasteiger partial charge in [0.2, 0.25) is 0 Å². The standard InChI is InChI=1S/C8H15NO2/c1-11-8(10)3-2-6-9-7-4-5-7/h7,9H,2-6H2,1H3. The van der Waals surface area contributed by atoms with Crippen LogP contribution in [-0.4, -0.2) is 25.7 Å². The number of carbonyl (C=O) groups excluding carboxylic acids is 1. The highest BCUT2D eigenvalue weighted by Gasteiger charge is 2.19. The lowest BCUT2D eigenvalue weighted by Crippen LogP contribution is -2.18. The fourth-order valence-corrected chi connectivity index (χ4v) is 0.928. The molecule has 0 heterocycles. The first-order valence-electron chi connectivity index (χ1n) is 4.13. The number of esters is 1. The van der Waals surface area contributed by atoms with E-state index in [9.17, 15) is 4.79 Å². The van der Waals surface area contributed by atoms with E-state index in [2.05, 4.69) is 10.1 Å². The molecule has 1 saturated carbocycles. The molecule has 0 atom stereocenters. The number of ether oxygens (including phenoxy) is 1. The van der Waals surface area contributed by atoms with Crippen LogP contribution >= 0.6 is 0 Å². The lowest BCUT2D eigenvalue weighted by Gasteiger charge is -2.00. The molecule has 1 rings (SSSR count). The van der Waals surface area contributed by atoms with Crippen molar-refractivity contribution in [3.8, 4) is 0 Å². The maximum absolute atomic E-state index is 10.6. The Hall–Kier alpha value is -0.570. The highest BCUT2D eigenvalue weighted by Crippen LogP contribution is 2.18. The summed E-state index contributed by atoms with van der Waals surface area (Å²) >= 11 is 0. The maximum Gasteiger partial charge on any atom is 0.305 e. The molecule has 0 aromatic rings. The Balaban J connectivity index is 1.82. The van der Waals surface area contributed by atoms with Crippen LogP contribution in [0.15, 0.2) is 0 Å². The largest absolute Gasteiger partial charge is 0.469 e. The fraction of sp³-hybridized carbons (Fsp3) is 0.875. The molecule has 0 amide bonds. The zero-order chi connectivity index (χ0) is 8.10. The van der Waals surface area contributed by atoms with Crippen molar-refractivity contribution in [2.24, 2.45) is 0 Å². The number of nitrogens with one attached hydrogen (secondary N) is 1. The van der Waals surface area contributed by atoms with Gasteiger partial charge in [0.15, 0.2) is 0 Å². The van der Waals surface area contributed by atoms with Crippen LogP contribution in [0.3, 0.4) is 0 Å². The van der Waals surface area contributed by atoms with Gasteiger partial charge in [0.05, 0.1) is 7.11 Å². The van der Waals surface area contributed by atoms with Crippen molar-refractivity contribution in [3.63, 3.8) is 0 Å². The number of rotatable bonds is 5. The first-order chi connectivity index (χ1) is 5.33. The third kappa shape index (κ3) is 3.98. The van der Waals surface area contributed by atoms with E-state index in [1.165, 1.54) is 20.0 Å². The van der Waals surface area contributed by atoms with Crippen molar-refractivity contribution in [2.45, 2.75) is 31.7 Å². The predicted octanol–water partition coefficient (Wildman–Crippen LogP) is 0.692. The summed E-state index contributed by atoms with van der Waals surface area (Å²) in [6.07, 6.45) is 4.04. The molecule has 11 heavy (non-hydrogen) atoms. The van der Waals surface area contributed by atoms with E-state index in [4.69, 9.17) is 0 Å². The van der Waals surface area contributed by atoms with Crippen molar-refractivity contribution in [1.29, 1.82) is 0 Å². The van der Waals surface area contributed by atoms with Crippen LogP contribution in [0, 0.1) is 0 Å². The van der Waals surface area contributed by atoms with Crippen LogP contribution in [-0.2, 0) is 9.53 Å². The first-order valence-corrected chi connectivity index (χ1v) is 4.13. The molecular weight excluding hydrogens is 142 g/mol. The Morgan fingerprint density at radius 2 is 2.36 bits per heavy atom. The zero-order valence-electron chi connectivity index (χ0n) is 6.93. The SMILES string of the molecule is COC(=O)CCCNC1CC1. The highest BCUT2D eigenvalue weighted by atomic mass is 16.5. The lowest BCUT2D eigenvalue weighted by atomic mass is 10.3. The average molecular weight is 157 g/mol. The van der Waals surface area contributed by atoms with Crippen LogP contribution < -0.4 is 5.32 Å². The van der Waals surface area contributed by atoms with E-state index in [1.807, 2.05) is 0 Å². The van der Waals surface area contributed by atoms with Gasteiger partial charge < -0.3 is 10.1 Å². The normalized spacial score (nSPS) is 16.5. The molecule has 1 aliphatic carbocycles. The van der Waals surface area contributed by atoms with Gasteiger partial charge in [-0.05, 0) is 25.8 Å². The molecule has 64 valence electrons. The minimum atomic E-state index is -0.109. The fourth-order valence-electron chi connectivity index (χ4n) is 0.928. The van der Waals surface area contributed by atoms with E-state index in [-0.39, 0.29) is 5.97 Å². The van der Waals surface area contributed by atoms with Crippen molar-refractivity contribution < 1.29 is 9.53 Å². The topological polar surface area (TPSA) is 38.3 Å². The molecule has 3 heteroatoms. The van der Waals surface area contributed by atoms with Crippen LogP contribution in [0.4, 0.5) is 0 Å². The maximum atomic E-state index is 10.6. The summed E-state index contributed by atoms with van der Waals surface area (Å²) in [5, 5.41) is 3.33. The third-order valence-corrected chi connectivity index (χ3v) is 1.80. The number of carbonyl (C=O) groups is 1. The summed E-state index contributed by atoms with van der Waals surface area (Å²) in [5.74, 6) is -0.109. The summed E-state index contributed by atoms with van der Waals surface area (Å²) in [6.45, 7) is 0.944. The minimum Gasteiger partial charge on any atom is -0.469 e. The highest BCUT2D eigenvalue weighted by molar-refractivity contribution is 5.69. The number of methoxy groups -OCH3 is 1. The van der Waals surface area contributed by atoms with Crippen LogP contribution in [0.5, 0.6) is 0 Å². The summed E-state index contributed by atoms with van der Waals surface area (Å²) in [6, 6.07) is 0.743. The Kier molecular flexibility index (Phi) is 3.36. The number of hydrogen-bond acceptors (Lipinski definition) is 3. The molecule has 0 aromatic carbocycles. The molecule has 0 spiro atoms. The molecule has 0 radical (unpaired) electrons. The van der Waals surface area contributed by atoms with Crippen molar-refractivity contribution in [3.05, 3.63) is 0 Å². The van der Waals surface area contributed by atoms with Gasteiger partial charge >= 0.3 is 5.97 Å². The van der Waals surface area contributed by atoms with Crippen molar-refractivity contribution in [2.75, 3.05) is 13.7 Å². The summed E-state index contributed by atoms with van der Waals surface area (Å²) in [4.78, 5) is 10.6. The number of hydrogen-bond donors (Lipinski definition) is 1. The van der Waals surface area contributed by atoms with Gasteiger partial charge in [-0.1, -0.05) is 0 Å². The third-order valence-electron chi connectivity index (χ3n) is 1.80. The summed E-state index contributed by atoms with van der Waals surface area (Å²) < 4.78 is 4.51.